The Hall–Kier alpha value is -5.06. The zero-order valence-electron chi connectivity index (χ0n) is 26.2. The fraction of sp³-hybridized carbons (Fsp3) is 0.353. The van der Waals surface area contributed by atoms with Crippen molar-refractivity contribution in [3.8, 4) is 33.9 Å². The lowest BCUT2D eigenvalue weighted by molar-refractivity contribution is 0.279. The fourth-order valence-electron chi connectivity index (χ4n) is 5.02. The van der Waals surface area contributed by atoms with Crippen LogP contribution in [0.15, 0.2) is 76.0 Å². The second-order valence-corrected chi connectivity index (χ2v) is 13.3. The molecule has 0 saturated carbocycles. The molecule has 4 aromatic heterocycles. The highest BCUT2D eigenvalue weighted by atomic mass is 16.5. The van der Waals surface area contributed by atoms with E-state index in [1.54, 1.807) is 18.6 Å². The molecule has 0 fully saturated rings. The van der Waals surface area contributed by atoms with Crippen LogP contribution in [0.3, 0.4) is 0 Å². The summed E-state index contributed by atoms with van der Waals surface area (Å²) in [7, 11) is 0. The van der Waals surface area contributed by atoms with Gasteiger partial charge in [0.2, 0.25) is 17.7 Å². The maximum atomic E-state index is 5.78. The molecule has 0 aliphatic carbocycles. The Morgan fingerprint density at radius 3 is 1.11 bits per heavy atom. The van der Waals surface area contributed by atoms with Gasteiger partial charge >= 0.3 is 0 Å². The molecule has 0 bridgehead atoms. The second kappa shape index (κ2) is 10.5. The molecule has 7 heterocycles. The summed E-state index contributed by atoms with van der Waals surface area (Å²) >= 11 is 0. The molecule has 0 spiro atoms. The average Bonchev–Trinajstić information content (AvgIpc) is 3.71. The Kier molecular flexibility index (Phi) is 6.72. The molecular formula is C34H34N8O3. The van der Waals surface area contributed by atoms with Gasteiger partial charge in [-0.25, -0.2) is 24.9 Å². The largest absolute Gasteiger partial charge is 0.474 e. The molecule has 4 aromatic rings. The van der Waals surface area contributed by atoms with E-state index in [1.807, 2.05) is 84.0 Å². The molecule has 0 atom stereocenters. The summed E-state index contributed by atoms with van der Waals surface area (Å²) < 4.78 is 17.3. The summed E-state index contributed by atoms with van der Waals surface area (Å²) in [6.45, 7) is 13.8. The number of hydrogen-bond donors (Lipinski definition) is 0. The Bertz CT molecular complexity index is 1630. The Morgan fingerprint density at radius 1 is 0.467 bits per heavy atom. The Balaban J connectivity index is 1.25. The van der Waals surface area contributed by atoms with Gasteiger partial charge in [0, 0.05) is 35.3 Å². The highest BCUT2D eigenvalue weighted by molar-refractivity contribution is 5.95. The molecular weight excluding hydrogens is 568 g/mol. The molecule has 228 valence electrons. The highest BCUT2D eigenvalue weighted by Gasteiger charge is 2.30. The van der Waals surface area contributed by atoms with Crippen LogP contribution in [0.5, 0.6) is 0 Å². The SMILES string of the molecule is CC1(C)COC(c2ccc(-c3cc(-c4ccc(C5=NC(C)(C)CO5)nc4)nc(-c4ccc(C5=NC(C)(C)CO5)nc4)n3)cn2)=N1. The van der Waals surface area contributed by atoms with Crippen molar-refractivity contribution in [1.82, 2.24) is 24.9 Å². The molecule has 0 amide bonds. The number of aliphatic imine (C=N–C) groups is 3. The predicted molar refractivity (Wildman–Crippen MR) is 171 cm³/mol. The molecule has 7 rings (SSSR count). The smallest absolute Gasteiger partial charge is 0.236 e. The number of aromatic nitrogens is 5. The minimum Gasteiger partial charge on any atom is -0.474 e. The topological polar surface area (TPSA) is 129 Å². The quantitative estimate of drug-likeness (QED) is 0.290. The molecule has 0 N–H and O–H groups in total. The molecule has 0 aromatic carbocycles. The lowest BCUT2D eigenvalue weighted by atomic mass is 10.1. The molecule has 3 aliphatic rings. The number of rotatable bonds is 6. The van der Waals surface area contributed by atoms with Gasteiger partial charge in [-0.15, -0.1) is 0 Å². The van der Waals surface area contributed by atoms with Gasteiger partial charge in [0.1, 0.15) is 36.9 Å². The summed E-state index contributed by atoms with van der Waals surface area (Å²) in [5.74, 6) is 2.15. The first kappa shape index (κ1) is 28.7. The van der Waals surface area contributed by atoms with Gasteiger partial charge in [-0.05, 0) is 84.0 Å². The lowest BCUT2D eigenvalue weighted by Crippen LogP contribution is -2.17. The van der Waals surface area contributed by atoms with E-state index in [0.717, 1.165) is 16.7 Å². The van der Waals surface area contributed by atoms with Crippen molar-refractivity contribution < 1.29 is 14.2 Å². The van der Waals surface area contributed by atoms with Crippen molar-refractivity contribution in [1.29, 1.82) is 0 Å². The third kappa shape index (κ3) is 6.02. The van der Waals surface area contributed by atoms with Crippen LogP contribution in [0, 0.1) is 0 Å². The molecule has 0 unspecified atom stereocenters. The molecule has 0 radical (unpaired) electrons. The van der Waals surface area contributed by atoms with Gasteiger partial charge in [-0.2, -0.15) is 0 Å². The van der Waals surface area contributed by atoms with E-state index in [-0.39, 0.29) is 16.6 Å². The van der Waals surface area contributed by atoms with E-state index < -0.39 is 0 Å². The van der Waals surface area contributed by atoms with E-state index >= 15 is 0 Å². The number of nitrogens with zero attached hydrogens (tertiary/aromatic N) is 8. The van der Waals surface area contributed by atoms with E-state index in [0.29, 0.717) is 71.8 Å². The van der Waals surface area contributed by atoms with Crippen molar-refractivity contribution in [3.05, 3.63) is 78.1 Å². The van der Waals surface area contributed by atoms with Crippen LogP contribution in [-0.2, 0) is 14.2 Å². The molecule has 11 nitrogen and oxygen atoms in total. The summed E-state index contributed by atoms with van der Waals surface area (Å²) in [5, 5.41) is 0. The zero-order chi connectivity index (χ0) is 31.4. The normalized spacial score (nSPS) is 19.2. The predicted octanol–water partition coefficient (Wildman–Crippen LogP) is 5.33. The third-order valence-corrected chi connectivity index (χ3v) is 7.42. The summed E-state index contributed by atoms with van der Waals surface area (Å²) in [6, 6.07) is 13.5. The first-order valence-corrected chi connectivity index (χ1v) is 14.9. The summed E-state index contributed by atoms with van der Waals surface area (Å²) in [4.78, 5) is 37.7. The number of hydrogen-bond acceptors (Lipinski definition) is 11. The standard InChI is InChI=1S/C34H34N8O3/c1-32(2)17-43-29(40-32)23-10-7-20(14-35-23)26-13-27(21-8-11-24(36-15-21)30-41-33(3,4)18-44-30)39-28(38-26)22-9-12-25(37-16-22)31-42-34(5,6)19-45-31/h7-16H,17-19H2,1-6H3. The molecule has 0 saturated heterocycles. The van der Waals surface area contributed by atoms with Gasteiger partial charge < -0.3 is 14.2 Å². The third-order valence-electron chi connectivity index (χ3n) is 7.42. The van der Waals surface area contributed by atoms with Gasteiger partial charge in [0.25, 0.3) is 0 Å². The molecule has 45 heavy (non-hydrogen) atoms. The number of pyridine rings is 3. The molecule has 3 aliphatic heterocycles. The lowest BCUT2D eigenvalue weighted by Gasteiger charge is -2.10. The minimum absolute atomic E-state index is 0.265. The highest BCUT2D eigenvalue weighted by Crippen LogP contribution is 2.29. The van der Waals surface area contributed by atoms with Crippen molar-refractivity contribution in [2.75, 3.05) is 19.8 Å². The zero-order valence-corrected chi connectivity index (χ0v) is 26.2. The fourth-order valence-corrected chi connectivity index (χ4v) is 5.02. The van der Waals surface area contributed by atoms with Crippen LogP contribution in [-0.4, -0.2) is 79.1 Å². The molecule has 11 heteroatoms. The van der Waals surface area contributed by atoms with E-state index in [1.165, 1.54) is 0 Å². The summed E-state index contributed by atoms with van der Waals surface area (Å²) in [6.07, 6.45) is 5.30. The van der Waals surface area contributed by atoms with Gasteiger partial charge in [0.05, 0.1) is 28.0 Å². The van der Waals surface area contributed by atoms with Crippen molar-refractivity contribution in [2.45, 2.75) is 58.2 Å². The monoisotopic (exact) mass is 602 g/mol. The number of ether oxygens (including phenoxy) is 3. The van der Waals surface area contributed by atoms with Crippen LogP contribution >= 0.6 is 0 Å². The van der Waals surface area contributed by atoms with Crippen LogP contribution < -0.4 is 0 Å². The van der Waals surface area contributed by atoms with E-state index in [2.05, 4.69) is 29.9 Å². The minimum atomic E-state index is -0.269. The first-order valence-electron chi connectivity index (χ1n) is 14.9. The van der Waals surface area contributed by atoms with Crippen molar-refractivity contribution >= 4 is 17.7 Å². The summed E-state index contributed by atoms with van der Waals surface area (Å²) in [5.41, 5.74) is 5.02. The van der Waals surface area contributed by atoms with Crippen molar-refractivity contribution in [2.24, 2.45) is 15.0 Å². The van der Waals surface area contributed by atoms with Crippen LogP contribution in [0.25, 0.3) is 33.9 Å². The Morgan fingerprint density at radius 2 is 0.822 bits per heavy atom. The Labute approximate surface area is 261 Å². The van der Waals surface area contributed by atoms with Crippen LogP contribution in [0.1, 0.15) is 58.6 Å². The van der Waals surface area contributed by atoms with E-state index in [9.17, 15) is 0 Å². The van der Waals surface area contributed by atoms with Gasteiger partial charge in [-0.1, -0.05) is 0 Å². The second-order valence-electron chi connectivity index (χ2n) is 13.3. The van der Waals surface area contributed by atoms with Crippen LogP contribution in [0.4, 0.5) is 0 Å². The van der Waals surface area contributed by atoms with Gasteiger partial charge in [0.15, 0.2) is 5.82 Å². The van der Waals surface area contributed by atoms with Crippen molar-refractivity contribution in [3.63, 3.8) is 0 Å². The average molecular weight is 603 g/mol. The maximum absolute atomic E-state index is 5.78. The first-order chi connectivity index (χ1) is 21.4. The van der Waals surface area contributed by atoms with Crippen LogP contribution in [0.2, 0.25) is 0 Å². The maximum Gasteiger partial charge on any atom is 0.236 e. The van der Waals surface area contributed by atoms with E-state index in [4.69, 9.17) is 24.2 Å². The van der Waals surface area contributed by atoms with Gasteiger partial charge in [-0.3, -0.25) is 15.0 Å².